The van der Waals surface area contributed by atoms with E-state index < -0.39 is 11.6 Å². The zero-order valence-corrected chi connectivity index (χ0v) is 11.7. The Morgan fingerprint density at radius 3 is 2.75 bits per heavy atom. The van der Waals surface area contributed by atoms with Gasteiger partial charge in [-0.1, -0.05) is 24.6 Å². The number of halogens is 3. The van der Waals surface area contributed by atoms with Crippen LogP contribution in [0.25, 0.3) is 0 Å². The van der Waals surface area contributed by atoms with Crippen molar-refractivity contribution in [2.75, 3.05) is 6.54 Å². The predicted molar refractivity (Wildman–Crippen MR) is 75.3 cm³/mol. The largest absolute Gasteiger partial charge is 0.454 e. The smallest absolute Gasteiger partial charge is 0.184 e. The summed E-state index contributed by atoms with van der Waals surface area (Å²) in [4.78, 5) is 0. The molecule has 2 aromatic rings. The van der Waals surface area contributed by atoms with Crippen LogP contribution in [0.5, 0.6) is 11.5 Å². The molecule has 0 unspecified atom stereocenters. The van der Waals surface area contributed by atoms with Crippen LogP contribution in [0.1, 0.15) is 12.5 Å². The summed E-state index contributed by atoms with van der Waals surface area (Å²) in [5.74, 6) is -0.888. The molecule has 0 aromatic heterocycles. The van der Waals surface area contributed by atoms with E-state index in [0.717, 1.165) is 12.1 Å². The summed E-state index contributed by atoms with van der Waals surface area (Å²) in [6.07, 6.45) is 0. The Hall–Kier alpha value is -1.65. The van der Waals surface area contributed by atoms with Crippen molar-refractivity contribution < 1.29 is 13.5 Å². The third kappa shape index (κ3) is 3.68. The molecule has 106 valence electrons. The Morgan fingerprint density at radius 2 is 2.00 bits per heavy atom. The van der Waals surface area contributed by atoms with E-state index in [9.17, 15) is 8.78 Å². The monoisotopic (exact) mass is 297 g/mol. The molecular weight excluding hydrogens is 284 g/mol. The highest BCUT2D eigenvalue weighted by Gasteiger charge is 2.09. The molecule has 0 amide bonds. The fourth-order valence-corrected chi connectivity index (χ4v) is 1.91. The summed E-state index contributed by atoms with van der Waals surface area (Å²) in [5.41, 5.74) is 0.726. The standard InChI is InChI=1S/C15H14ClF2NO/c1-2-19-9-10-6-11(17)8-12(7-10)20-14-5-3-4-13(16)15(14)18/h3-8,19H,2,9H2,1H3. The van der Waals surface area contributed by atoms with Gasteiger partial charge in [0.15, 0.2) is 11.6 Å². The van der Waals surface area contributed by atoms with E-state index in [1.165, 1.54) is 24.3 Å². The highest BCUT2D eigenvalue weighted by Crippen LogP contribution is 2.29. The Labute approximate surface area is 121 Å². The second-order valence-corrected chi connectivity index (χ2v) is 4.64. The number of benzene rings is 2. The van der Waals surface area contributed by atoms with E-state index in [0.29, 0.717) is 6.54 Å². The number of rotatable bonds is 5. The van der Waals surface area contributed by atoms with Crippen LogP contribution in [-0.4, -0.2) is 6.54 Å². The first-order valence-corrected chi connectivity index (χ1v) is 6.60. The minimum atomic E-state index is -0.660. The SMILES string of the molecule is CCNCc1cc(F)cc(Oc2cccc(Cl)c2F)c1. The fourth-order valence-electron chi connectivity index (χ4n) is 1.74. The number of hydrogen-bond donors (Lipinski definition) is 1. The molecule has 5 heteroatoms. The molecule has 2 nitrogen and oxygen atoms in total. The molecule has 0 spiro atoms. The average Bonchev–Trinajstić information content (AvgIpc) is 2.41. The second kappa shape index (κ2) is 6.68. The van der Waals surface area contributed by atoms with E-state index >= 15 is 0 Å². The predicted octanol–water partition coefficient (Wildman–Crippen LogP) is 4.52. The van der Waals surface area contributed by atoms with Crippen molar-refractivity contribution in [3.05, 3.63) is 58.6 Å². The first-order chi connectivity index (χ1) is 9.60. The van der Waals surface area contributed by atoms with E-state index in [1.807, 2.05) is 6.92 Å². The van der Waals surface area contributed by atoms with Crippen LogP contribution in [0.3, 0.4) is 0 Å². The van der Waals surface area contributed by atoms with Crippen molar-refractivity contribution in [2.45, 2.75) is 13.5 Å². The van der Waals surface area contributed by atoms with Crippen molar-refractivity contribution in [2.24, 2.45) is 0 Å². The van der Waals surface area contributed by atoms with E-state index in [2.05, 4.69) is 5.32 Å². The fraction of sp³-hybridized carbons (Fsp3) is 0.200. The maximum absolute atomic E-state index is 13.7. The topological polar surface area (TPSA) is 21.3 Å². The van der Waals surface area contributed by atoms with Crippen molar-refractivity contribution >= 4 is 11.6 Å². The molecule has 0 aliphatic carbocycles. The molecule has 0 atom stereocenters. The highest BCUT2D eigenvalue weighted by atomic mass is 35.5. The third-order valence-corrected chi connectivity index (χ3v) is 2.95. The van der Waals surface area contributed by atoms with Crippen molar-refractivity contribution in [3.63, 3.8) is 0 Å². The Morgan fingerprint density at radius 1 is 1.20 bits per heavy atom. The van der Waals surface area contributed by atoms with Gasteiger partial charge in [0.25, 0.3) is 0 Å². The van der Waals surface area contributed by atoms with Crippen molar-refractivity contribution in [1.82, 2.24) is 5.32 Å². The van der Waals surface area contributed by atoms with Gasteiger partial charge in [-0.15, -0.1) is 0 Å². The quantitative estimate of drug-likeness (QED) is 0.876. The molecule has 0 aliphatic heterocycles. The van der Waals surface area contributed by atoms with Gasteiger partial charge < -0.3 is 10.1 Å². The molecule has 0 saturated carbocycles. The lowest BCUT2D eigenvalue weighted by molar-refractivity contribution is 0.438. The van der Waals surface area contributed by atoms with Crippen LogP contribution >= 0.6 is 11.6 Å². The van der Waals surface area contributed by atoms with Gasteiger partial charge in [0.1, 0.15) is 11.6 Å². The lowest BCUT2D eigenvalue weighted by Crippen LogP contribution is -2.11. The van der Waals surface area contributed by atoms with E-state index in [4.69, 9.17) is 16.3 Å². The molecule has 0 radical (unpaired) electrons. The molecule has 1 N–H and O–H groups in total. The van der Waals surface area contributed by atoms with Gasteiger partial charge in [0.2, 0.25) is 0 Å². The highest BCUT2D eigenvalue weighted by molar-refractivity contribution is 6.30. The van der Waals surface area contributed by atoms with Gasteiger partial charge in [-0.3, -0.25) is 0 Å². The third-order valence-electron chi connectivity index (χ3n) is 2.65. The Kier molecular flexibility index (Phi) is 4.93. The summed E-state index contributed by atoms with van der Waals surface area (Å²) in [7, 11) is 0. The molecule has 0 saturated heterocycles. The van der Waals surface area contributed by atoms with Gasteiger partial charge in [-0.2, -0.15) is 0 Å². The molecule has 20 heavy (non-hydrogen) atoms. The Bertz CT molecular complexity index is 604. The zero-order valence-electron chi connectivity index (χ0n) is 10.9. The van der Waals surface area contributed by atoms with E-state index in [1.54, 1.807) is 12.1 Å². The molecular formula is C15H14ClF2NO. The van der Waals surface area contributed by atoms with Crippen LogP contribution in [0.15, 0.2) is 36.4 Å². The minimum absolute atomic E-state index is 0.0301. The van der Waals surface area contributed by atoms with Gasteiger partial charge >= 0.3 is 0 Å². The van der Waals surface area contributed by atoms with Crippen molar-refractivity contribution in [1.29, 1.82) is 0 Å². The van der Waals surface area contributed by atoms with Crippen LogP contribution in [0.2, 0.25) is 5.02 Å². The van der Waals surface area contributed by atoms with Crippen LogP contribution < -0.4 is 10.1 Å². The van der Waals surface area contributed by atoms with Gasteiger partial charge in [0.05, 0.1) is 5.02 Å². The molecule has 2 aromatic carbocycles. The molecule has 2 rings (SSSR count). The summed E-state index contributed by atoms with van der Waals surface area (Å²) in [6, 6.07) is 8.70. The minimum Gasteiger partial charge on any atom is -0.454 e. The van der Waals surface area contributed by atoms with Gasteiger partial charge in [-0.05, 0) is 36.4 Å². The second-order valence-electron chi connectivity index (χ2n) is 4.23. The lowest BCUT2D eigenvalue weighted by atomic mass is 10.2. The van der Waals surface area contributed by atoms with Gasteiger partial charge in [-0.25, -0.2) is 8.78 Å². The number of nitrogens with one attached hydrogen (secondary N) is 1. The zero-order chi connectivity index (χ0) is 14.5. The van der Waals surface area contributed by atoms with Crippen LogP contribution in [-0.2, 0) is 6.54 Å². The number of ether oxygens (including phenoxy) is 1. The first kappa shape index (κ1) is 14.8. The van der Waals surface area contributed by atoms with Crippen LogP contribution in [0, 0.1) is 11.6 Å². The average molecular weight is 298 g/mol. The van der Waals surface area contributed by atoms with Gasteiger partial charge in [0, 0.05) is 12.6 Å². The maximum atomic E-state index is 13.7. The molecule has 0 aliphatic rings. The lowest BCUT2D eigenvalue weighted by Gasteiger charge is -2.10. The Balaban J connectivity index is 2.24. The summed E-state index contributed by atoms with van der Waals surface area (Å²) >= 11 is 5.67. The maximum Gasteiger partial charge on any atom is 0.184 e. The van der Waals surface area contributed by atoms with E-state index in [-0.39, 0.29) is 16.5 Å². The number of hydrogen-bond acceptors (Lipinski definition) is 2. The molecule has 0 heterocycles. The van der Waals surface area contributed by atoms with Crippen molar-refractivity contribution in [3.8, 4) is 11.5 Å². The normalized spacial score (nSPS) is 10.6. The summed E-state index contributed by atoms with van der Waals surface area (Å²) < 4.78 is 32.6. The summed E-state index contributed by atoms with van der Waals surface area (Å²) in [5, 5.41) is 3.05. The molecule has 0 bridgehead atoms. The molecule has 0 fully saturated rings. The van der Waals surface area contributed by atoms with Crippen LogP contribution in [0.4, 0.5) is 8.78 Å². The first-order valence-electron chi connectivity index (χ1n) is 6.22. The summed E-state index contributed by atoms with van der Waals surface area (Å²) in [6.45, 7) is 3.25.